The molecule has 3 N–H and O–H groups in total. The van der Waals surface area contributed by atoms with Crippen molar-refractivity contribution in [2.24, 2.45) is 5.73 Å². The Bertz CT molecular complexity index is 1050. The first-order valence-electron chi connectivity index (χ1n) is 10.2. The van der Waals surface area contributed by atoms with Gasteiger partial charge in [-0.15, -0.1) is 0 Å². The van der Waals surface area contributed by atoms with E-state index < -0.39 is 0 Å². The normalized spacial score (nSPS) is 12.9. The van der Waals surface area contributed by atoms with Gasteiger partial charge in [-0.3, -0.25) is 0 Å². The first-order chi connectivity index (χ1) is 14.2. The molecule has 2 nitrogen and oxygen atoms in total. The third-order valence-corrected chi connectivity index (χ3v) is 5.54. The predicted molar refractivity (Wildman–Crippen MR) is 123 cm³/mol. The number of aliphatic hydroxyl groups is 1. The van der Waals surface area contributed by atoms with Crippen molar-refractivity contribution in [3.05, 3.63) is 108 Å². The van der Waals surface area contributed by atoms with Gasteiger partial charge in [-0.25, -0.2) is 0 Å². The molecule has 2 heteroatoms. The molecule has 0 aliphatic heterocycles. The minimum atomic E-state index is -0.0653. The number of aliphatic hydroxyl groups excluding tert-OH is 1. The largest absolute Gasteiger partial charge is 0.396 e. The Hall–Kier alpha value is -2.94. The van der Waals surface area contributed by atoms with Gasteiger partial charge in [0.15, 0.2) is 0 Å². The second-order valence-electron chi connectivity index (χ2n) is 7.61. The molecular formula is C27H27NO. The maximum absolute atomic E-state index is 9.03. The molecule has 29 heavy (non-hydrogen) atoms. The van der Waals surface area contributed by atoms with E-state index in [-0.39, 0.29) is 18.6 Å². The zero-order chi connectivity index (χ0) is 20.1. The fraction of sp³-hybridized carbons (Fsp3) is 0.185. The van der Waals surface area contributed by atoms with Crippen molar-refractivity contribution in [1.82, 2.24) is 0 Å². The summed E-state index contributed by atoms with van der Waals surface area (Å²) < 4.78 is 0. The van der Waals surface area contributed by atoms with Crippen LogP contribution in [0.4, 0.5) is 0 Å². The van der Waals surface area contributed by atoms with E-state index in [0.717, 1.165) is 6.42 Å². The van der Waals surface area contributed by atoms with Crippen molar-refractivity contribution in [3.63, 3.8) is 0 Å². The molecule has 0 aliphatic rings. The fourth-order valence-electron chi connectivity index (χ4n) is 4.01. The molecule has 0 unspecified atom stereocenters. The summed E-state index contributed by atoms with van der Waals surface area (Å²) >= 11 is 0. The van der Waals surface area contributed by atoms with E-state index in [9.17, 15) is 0 Å². The van der Waals surface area contributed by atoms with Crippen LogP contribution in [0.1, 0.15) is 29.9 Å². The highest BCUT2D eigenvalue weighted by Crippen LogP contribution is 2.33. The highest BCUT2D eigenvalue weighted by atomic mass is 16.2. The molecule has 4 aromatic carbocycles. The Labute approximate surface area is 172 Å². The quantitative estimate of drug-likeness (QED) is 0.399. The van der Waals surface area contributed by atoms with Crippen molar-refractivity contribution in [2.75, 3.05) is 6.61 Å². The van der Waals surface area contributed by atoms with E-state index in [1.807, 2.05) is 12.2 Å². The average molecular weight is 382 g/mol. The van der Waals surface area contributed by atoms with Gasteiger partial charge in [0.2, 0.25) is 0 Å². The van der Waals surface area contributed by atoms with Gasteiger partial charge in [-0.1, -0.05) is 97.1 Å². The summed E-state index contributed by atoms with van der Waals surface area (Å²) in [4.78, 5) is 0. The molecule has 0 saturated carbocycles. The highest BCUT2D eigenvalue weighted by Gasteiger charge is 2.18. The third-order valence-electron chi connectivity index (χ3n) is 5.54. The second-order valence-corrected chi connectivity index (χ2v) is 7.61. The number of rotatable bonds is 7. The van der Waals surface area contributed by atoms with Crippen LogP contribution in [-0.4, -0.2) is 17.8 Å². The summed E-state index contributed by atoms with van der Waals surface area (Å²) in [5.74, 6) is 0.206. The Morgan fingerprint density at radius 3 is 1.76 bits per heavy atom. The average Bonchev–Trinajstić information content (AvgIpc) is 2.77. The monoisotopic (exact) mass is 381 g/mol. The van der Waals surface area contributed by atoms with E-state index in [4.69, 9.17) is 10.8 Å². The molecule has 1 atom stereocenters. The molecule has 0 saturated heterocycles. The van der Waals surface area contributed by atoms with Crippen molar-refractivity contribution in [3.8, 4) is 0 Å². The van der Waals surface area contributed by atoms with E-state index in [2.05, 4.69) is 84.9 Å². The number of fused-ring (bicyclic) bond motifs is 2. The van der Waals surface area contributed by atoms with E-state index in [1.54, 1.807) is 0 Å². The van der Waals surface area contributed by atoms with Crippen LogP contribution >= 0.6 is 0 Å². The lowest BCUT2D eigenvalue weighted by Crippen LogP contribution is -2.21. The second kappa shape index (κ2) is 9.04. The molecule has 146 valence electrons. The maximum Gasteiger partial charge on any atom is 0.0465 e. The molecule has 4 aromatic rings. The molecule has 0 aliphatic carbocycles. The highest BCUT2D eigenvalue weighted by molar-refractivity contribution is 5.84. The van der Waals surface area contributed by atoms with Gasteiger partial charge >= 0.3 is 0 Å². The zero-order valence-corrected chi connectivity index (χ0v) is 16.5. The molecule has 0 amide bonds. The van der Waals surface area contributed by atoms with Crippen LogP contribution in [-0.2, 0) is 0 Å². The summed E-state index contributed by atoms with van der Waals surface area (Å²) in [5, 5.41) is 14.0. The standard InChI is InChI=1S/C27H27NO/c28-26(11-5-6-16-29)19-27(24-14-12-20-7-1-3-9-22(20)17-24)25-15-13-21-8-2-4-10-23(21)18-25/h1-5,7-15,17-18,26-27,29H,6,16,19,28H2/b11-5+/t26-/m0/s1. The number of benzene rings is 4. The van der Waals surface area contributed by atoms with Crippen LogP contribution in [0.15, 0.2) is 97.1 Å². The topological polar surface area (TPSA) is 46.2 Å². The smallest absolute Gasteiger partial charge is 0.0465 e. The van der Waals surface area contributed by atoms with Crippen LogP contribution in [0.25, 0.3) is 21.5 Å². The lowest BCUT2D eigenvalue weighted by atomic mass is 9.84. The van der Waals surface area contributed by atoms with Gasteiger partial charge in [0.25, 0.3) is 0 Å². The molecule has 0 fully saturated rings. The minimum absolute atomic E-state index is 0.0653. The SMILES string of the molecule is N[C@@H](/C=C/CCO)CC(c1ccc2ccccc2c1)c1ccc2ccccc2c1. The van der Waals surface area contributed by atoms with Gasteiger partial charge in [0.1, 0.15) is 0 Å². The van der Waals surface area contributed by atoms with Crippen LogP contribution in [0.2, 0.25) is 0 Å². The summed E-state index contributed by atoms with van der Waals surface area (Å²) in [6, 6.07) is 30.3. The molecule has 0 bridgehead atoms. The fourth-order valence-corrected chi connectivity index (χ4v) is 4.01. The molecule has 0 radical (unpaired) electrons. The Kier molecular flexibility index (Phi) is 6.04. The van der Waals surface area contributed by atoms with Crippen molar-refractivity contribution in [1.29, 1.82) is 0 Å². The van der Waals surface area contributed by atoms with Crippen molar-refractivity contribution in [2.45, 2.75) is 24.8 Å². The number of hydrogen-bond donors (Lipinski definition) is 2. The third kappa shape index (κ3) is 4.56. The Balaban J connectivity index is 1.74. The van der Waals surface area contributed by atoms with Gasteiger partial charge in [-0.05, 0) is 45.5 Å². The van der Waals surface area contributed by atoms with Gasteiger partial charge < -0.3 is 10.8 Å². The lowest BCUT2D eigenvalue weighted by Gasteiger charge is -2.22. The summed E-state index contributed by atoms with van der Waals surface area (Å²) in [7, 11) is 0. The lowest BCUT2D eigenvalue weighted by molar-refractivity contribution is 0.302. The van der Waals surface area contributed by atoms with Gasteiger partial charge in [-0.2, -0.15) is 0 Å². The maximum atomic E-state index is 9.03. The van der Waals surface area contributed by atoms with Crippen molar-refractivity contribution >= 4 is 21.5 Å². The van der Waals surface area contributed by atoms with E-state index >= 15 is 0 Å². The summed E-state index contributed by atoms with van der Waals surface area (Å²) in [6.45, 7) is 0.155. The van der Waals surface area contributed by atoms with E-state index in [0.29, 0.717) is 6.42 Å². The minimum Gasteiger partial charge on any atom is -0.396 e. The Morgan fingerprint density at radius 2 is 1.24 bits per heavy atom. The first-order valence-corrected chi connectivity index (χ1v) is 10.2. The zero-order valence-electron chi connectivity index (χ0n) is 16.5. The molecule has 0 heterocycles. The molecule has 0 aromatic heterocycles. The van der Waals surface area contributed by atoms with Crippen LogP contribution in [0.5, 0.6) is 0 Å². The van der Waals surface area contributed by atoms with Gasteiger partial charge in [0, 0.05) is 18.6 Å². The summed E-state index contributed by atoms with van der Waals surface area (Å²) in [5.41, 5.74) is 9.01. The molecule has 4 rings (SSSR count). The van der Waals surface area contributed by atoms with Gasteiger partial charge in [0.05, 0.1) is 0 Å². The molecule has 0 spiro atoms. The summed E-state index contributed by atoms with van der Waals surface area (Å²) in [6.07, 6.45) is 5.46. The number of hydrogen-bond acceptors (Lipinski definition) is 2. The van der Waals surface area contributed by atoms with Crippen molar-refractivity contribution < 1.29 is 5.11 Å². The molecular weight excluding hydrogens is 354 g/mol. The Morgan fingerprint density at radius 1 is 0.724 bits per heavy atom. The van der Waals surface area contributed by atoms with E-state index in [1.165, 1.54) is 32.7 Å². The number of nitrogens with two attached hydrogens (primary N) is 1. The predicted octanol–water partition coefficient (Wildman–Crippen LogP) is 5.78. The van der Waals surface area contributed by atoms with Crippen LogP contribution < -0.4 is 5.73 Å². The van der Waals surface area contributed by atoms with Crippen LogP contribution in [0.3, 0.4) is 0 Å². The first kappa shape index (κ1) is 19.4. The van der Waals surface area contributed by atoms with Crippen LogP contribution in [0, 0.1) is 0 Å².